The summed E-state index contributed by atoms with van der Waals surface area (Å²) >= 11 is 0. The van der Waals surface area contributed by atoms with E-state index in [1.54, 1.807) is 0 Å². The van der Waals surface area contributed by atoms with E-state index in [-0.39, 0.29) is 0 Å². The number of aliphatic carboxylic acids is 1. The van der Waals surface area contributed by atoms with Crippen LogP contribution >= 0.6 is 0 Å². The standard InChI is InChI=1S/C23H38O2/c1-3-4-5-6-10-13-16-19-22(2)20-17-14-11-8-7-9-12-15-18-21-23(24)25/h7-8,10,13-14,16-17,19,22H,3-6,9,11-12,15,18,20-21H2,1-2H3,(H,24,25)/b8-7-,13-10-,17-14-,19-16+. The molecule has 0 saturated heterocycles. The molecule has 1 N–H and O–H groups in total. The lowest BCUT2D eigenvalue weighted by Gasteiger charge is -1.99. The fourth-order valence-corrected chi connectivity index (χ4v) is 2.43. The summed E-state index contributed by atoms with van der Waals surface area (Å²) in [5.41, 5.74) is 0. The van der Waals surface area contributed by atoms with Crippen molar-refractivity contribution < 1.29 is 9.90 Å². The molecule has 0 rings (SSSR count). The molecule has 1 unspecified atom stereocenters. The number of unbranched alkanes of at least 4 members (excludes halogenated alkanes) is 6. The quantitative estimate of drug-likeness (QED) is 0.182. The Bertz CT molecular complexity index is 416. The third-order valence-electron chi connectivity index (χ3n) is 4.04. The Hall–Kier alpha value is -1.57. The van der Waals surface area contributed by atoms with Crippen LogP contribution in [0.15, 0.2) is 48.6 Å². The molecule has 0 aromatic carbocycles. The van der Waals surface area contributed by atoms with Gasteiger partial charge in [0.2, 0.25) is 0 Å². The van der Waals surface area contributed by atoms with E-state index in [2.05, 4.69) is 62.5 Å². The maximum atomic E-state index is 10.4. The first kappa shape index (κ1) is 23.4. The molecule has 25 heavy (non-hydrogen) atoms. The summed E-state index contributed by atoms with van der Waals surface area (Å²) in [5.74, 6) is -0.109. The van der Waals surface area contributed by atoms with Gasteiger partial charge in [-0.3, -0.25) is 4.79 Å². The second-order valence-corrected chi connectivity index (χ2v) is 6.69. The van der Waals surface area contributed by atoms with Crippen LogP contribution in [0.5, 0.6) is 0 Å². The molecule has 0 fully saturated rings. The van der Waals surface area contributed by atoms with Gasteiger partial charge in [-0.05, 0) is 50.9 Å². The molecule has 0 aromatic heterocycles. The number of carbonyl (C=O) groups is 1. The van der Waals surface area contributed by atoms with Gasteiger partial charge in [-0.25, -0.2) is 0 Å². The summed E-state index contributed by atoms with van der Waals surface area (Å²) in [5, 5.41) is 8.55. The number of rotatable bonds is 16. The van der Waals surface area contributed by atoms with Crippen molar-refractivity contribution in [3.63, 3.8) is 0 Å². The van der Waals surface area contributed by atoms with Crippen LogP contribution in [0.25, 0.3) is 0 Å². The predicted molar refractivity (Wildman–Crippen MR) is 110 cm³/mol. The summed E-state index contributed by atoms with van der Waals surface area (Å²) < 4.78 is 0. The molecule has 0 aromatic rings. The Morgan fingerprint density at radius 2 is 1.60 bits per heavy atom. The van der Waals surface area contributed by atoms with Crippen molar-refractivity contribution in [1.29, 1.82) is 0 Å². The molecular weight excluding hydrogens is 308 g/mol. The maximum Gasteiger partial charge on any atom is 0.303 e. The predicted octanol–water partition coefficient (Wildman–Crippen LogP) is 7.24. The number of hydrogen-bond donors (Lipinski definition) is 1. The van der Waals surface area contributed by atoms with Gasteiger partial charge in [0.1, 0.15) is 0 Å². The van der Waals surface area contributed by atoms with E-state index in [1.807, 2.05) is 0 Å². The highest BCUT2D eigenvalue weighted by Gasteiger charge is 1.95. The number of hydrogen-bond acceptors (Lipinski definition) is 1. The van der Waals surface area contributed by atoms with Crippen molar-refractivity contribution in [3.05, 3.63) is 48.6 Å². The lowest BCUT2D eigenvalue weighted by molar-refractivity contribution is -0.137. The van der Waals surface area contributed by atoms with Crippen LogP contribution < -0.4 is 0 Å². The minimum absolute atomic E-state index is 0.299. The zero-order chi connectivity index (χ0) is 18.6. The topological polar surface area (TPSA) is 37.3 Å². The van der Waals surface area contributed by atoms with Crippen LogP contribution in [0.1, 0.15) is 84.5 Å². The third kappa shape index (κ3) is 20.4. The van der Waals surface area contributed by atoms with E-state index in [4.69, 9.17) is 5.11 Å². The van der Waals surface area contributed by atoms with Crippen LogP contribution in [0.4, 0.5) is 0 Å². The smallest absolute Gasteiger partial charge is 0.303 e. The van der Waals surface area contributed by atoms with E-state index in [1.165, 1.54) is 25.7 Å². The monoisotopic (exact) mass is 346 g/mol. The zero-order valence-corrected chi connectivity index (χ0v) is 16.3. The van der Waals surface area contributed by atoms with Crippen molar-refractivity contribution >= 4 is 5.97 Å². The van der Waals surface area contributed by atoms with Gasteiger partial charge >= 0.3 is 5.97 Å². The van der Waals surface area contributed by atoms with Gasteiger partial charge < -0.3 is 5.11 Å². The molecule has 0 heterocycles. The fraction of sp³-hybridized carbons (Fsp3) is 0.609. The first-order chi connectivity index (χ1) is 12.2. The van der Waals surface area contributed by atoms with E-state index >= 15 is 0 Å². The molecule has 0 aliphatic heterocycles. The van der Waals surface area contributed by atoms with Crippen LogP contribution in [-0.4, -0.2) is 11.1 Å². The van der Waals surface area contributed by atoms with Gasteiger partial charge in [-0.15, -0.1) is 0 Å². The van der Waals surface area contributed by atoms with E-state index in [9.17, 15) is 4.79 Å². The maximum absolute atomic E-state index is 10.4. The number of allylic oxidation sites excluding steroid dienone is 8. The molecule has 2 heteroatoms. The highest BCUT2D eigenvalue weighted by Crippen LogP contribution is 2.07. The summed E-state index contributed by atoms with van der Waals surface area (Å²) in [7, 11) is 0. The summed E-state index contributed by atoms with van der Waals surface area (Å²) in [6.45, 7) is 4.48. The van der Waals surface area contributed by atoms with Crippen molar-refractivity contribution in [2.75, 3.05) is 0 Å². The molecule has 0 aliphatic rings. The van der Waals surface area contributed by atoms with Gasteiger partial charge in [-0.1, -0.05) is 81.7 Å². The Morgan fingerprint density at radius 1 is 0.880 bits per heavy atom. The van der Waals surface area contributed by atoms with Gasteiger partial charge in [0.25, 0.3) is 0 Å². The average molecular weight is 347 g/mol. The van der Waals surface area contributed by atoms with Crippen LogP contribution in [0, 0.1) is 5.92 Å². The molecular formula is C23H38O2. The van der Waals surface area contributed by atoms with Crippen molar-refractivity contribution in [2.24, 2.45) is 5.92 Å². The van der Waals surface area contributed by atoms with E-state index in [0.29, 0.717) is 12.3 Å². The minimum Gasteiger partial charge on any atom is -0.481 e. The molecule has 2 nitrogen and oxygen atoms in total. The fourth-order valence-electron chi connectivity index (χ4n) is 2.43. The minimum atomic E-state index is -0.687. The molecule has 0 aliphatic carbocycles. The molecule has 0 amide bonds. The second kappa shape index (κ2) is 18.8. The van der Waals surface area contributed by atoms with Gasteiger partial charge in [0.15, 0.2) is 0 Å². The van der Waals surface area contributed by atoms with Crippen LogP contribution in [-0.2, 0) is 4.79 Å². The lowest BCUT2D eigenvalue weighted by atomic mass is 10.1. The van der Waals surface area contributed by atoms with E-state index in [0.717, 1.165) is 38.5 Å². The normalized spacial score (nSPS) is 13.7. The Kier molecular flexibility index (Phi) is 17.6. The van der Waals surface area contributed by atoms with Gasteiger partial charge in [0, 0.05) is 6.42 Å². The summed E-state index contributed by atoms with van der Waals surface area (Å²) in [4.78, 5) is 10.4. The molecule has 0 spiro atoms. The van der Waals surface area contributed by atoms with Crippen LogP contribution in [0.3, 0.4) is 0 Å². The second-order valence-electron chi connectivity index (χ2n) is 6.69. The molecule has 0 radical (unpaired) electrons. The first-order valence-electron chi connectivity index (χ1n) is 10.0. The summed E-state index contributed by atoms with van der Waals surface area (Å²) in [6.07, 6.45) is 29.2. The number of carboxylic acids is 1. The highest BCUT2D eigenvalue weighted by atomic mass is 16.4. The third-order valence-corrected chi connectivity index (χ3v) is 4.04. The molecule has 0 saturated carbocycles. The Morgan fingerprint density at radius 3 is 2.36 bits per heavy atom. The SMILES string of the molecule is CCCCC/C=C\C=C\C(C)C/C=C\C/C=C\CCCCCC(=O)O. The van der Waals surface area contributed by atoms with Crippen LogP contribution in [0.2, 0.25) is 0 Å². The first-order valence-corrected chi connectivity index (χ1v) is 10.0. The average Bonchev–Trinajstić information content (AvgIpc) is 2.58. The Labute approximate surface area is 155 Å². The van der Waals surface area contributed by atoms with E-state index < -0.39 is 5.97 Å². The van der Waals surface area contributed by atoms with Crippen molar-refractivity contribution in [3.8, 4) is 0 Å². The van der Waals surface area contributed by atoms with Gasteiger partial charge in [0.05, 0.1) is 0 Å². The molecule has 142 valence electrons. The number of carboxylic acid groups (broad SMARTS) is 1. The van der Waals surface area contributed by atoms with Crippen molar-refractivity contribution in [2.45, 2.75) is 84.5 Å². The van der Waals surface area contributed by atoms with Gasteiger partial charge in [-0.2, -0.15) is 0 Å². The molecule has 0 bridgehead atoms. The summed E-state index contributed by atoms with van der Waals surface area (Å²) in [6, 6.07) is 0. The van der Waals surface area contributed by atoms with Crippen molar-refractivity contribution in [1.82, 2.24) is 0 Å². The Balaban J connectivity index is 3.56. The largest absolute Gasteiger partial charge is 0.481 e. The lowest BCUT2D eigenvalue weighted by Crippen LogP contribution is -1.93. The zero-order valence-electron chi connectivity index (χ0n) is 16.3. The molecule has 1 atom stereocenters. The highest BCUT2D eigenvalue weighted by molar-refractivity contribution is 5.66.